The Bertz CT molecular complexity index is 654. The van der Waals surface area contributed by atoms with Crippen molar-refractivity contribution < 1.29 is 4.74 Å². The predicted molar refractivity (Wildman–Crippen MR) is 94.6 cm³/mol. The van der Waals surface area contributed by atoms with Crippen LogP contribution in [0.3, 0.4) is 0 Å². The number of aryl methyl sites for hydroxylation is 1. The smallest absolute Gasteiger partial charge is 0.212 e. The Morgan fingerprint density at radius 2 is 2.00 bits per heavy atom. The minimum Gasteiger partial charge on any atom is -0.497 e. The van der Waals surface area contributed by atoms with Gasteiger partial charge in [-0.1, -0.05) is 25.1 Å². The maximum Gasteiger partial charge on any atom is 0.212 e. The highest BCUT2D eigenvalue weighted by atomic mass is 79.9. The Morgan fingerprint density at radius 1 is 1.23 bits per heavy atom. The van der Waals surface area contributed by atoms with E-state index >= 15 is 0 Å². The Hall–Kier alpha value is -1.34. The molecule has 5 nitrogen and oxygen atoms in total. The van der Waals surface area contributed by atoms with Gasteiger partial charge in [0.25, 0.3) is 0 Å². The first-order valence-corrected chi connectivity index (χ1v) is 8.09. The first kappa shape index (κ1) is 17.0. The van der Waals surface area contributed by atoms with Crippen molar-refractivity contribution in [2.45, 2.75) is 31.3 Å². The van der Waals surface area contributed by atoms with E-state index in [0.717, 1.165) is 53.0 Å². The van der Waals surface area contributed by atoms with E-state index in [1.807, 2.05) is 28.9 Å². The molecule has 0 saturated carbocycles. The number of aromatic nitrogens is 3. The molecule has 2 heterocycles. The zero-order valence-electron chi connectivity index (χ0n) is 12.7. The Labute approximate surface area is 144 Å². The fourth-order valence-electron chi connectivity index (χ4n) is 2.18. The summed E-state index contributed by atoms with van der Waals surface area (Å²) in [5, 5.41) is 14.1. The molecule has 0 bridgehead atoms. The average molecular weight is 383 g/mol. The molecule has 0 unspecified atom stereocenters. The molecule has 1 aromatic heterocycles. The number of halogens is 1. The van der Waals surface area contributed by atoms with Crippen molar-refractivity contribution in [3.05, 3.63) is 35.7 Å². The second-order valence-corrected chi connectivity index (χ2v) is 5.82. The number of rotatable bonds is 5. The van der Waals surface area contributed by atoms with Crippen LogP contribution >= 0.6 is 28.7 Å². The lowest BCUT2D eigenvalue weighted by molar-refractivity contribution is 0.415. The van der Waals surface area contributed by atoms with Crippen LogP contribution in [0.25, 0.3) is 0 Å². The predicted octanol–water partition coefficient (Wildman–Crippen LogP) is 3.57. The summed E-state index contributed by atoms with van der Waals surface area (Å²) in [6, 6.07) is 8.00. The van der Waals surface area contributed by atoms with E-state index in [9.17, 15) is 0 Å². The second kappa shape index (κ2) is 7.78. The third-order valence-corrected chi connectivity index (χ3v) is 4.34. The summed E-state index contributed by atoms with van der Waals surface area (Å²) in [4.78, 5) is 0. The molecule has 22 heavy (non-hydrogen) atoms. The summed E-state index contributed by atoms with van der Waals surface area (Å²) in [6.07, 6.45) is 3.17. The Kier molecular flexibility index (Phi) is 6.02. The molecule has 3 rings (SSSR count). The summed E-state index contributed by atoms with van der Waals surface area (Å²) in [6.45, 7) is 2.17. The highest BCUT2D eigenvalue weighted by molar-refractivity contribution is 8.93. The van der Waals surface area contributed by atoms with E-state index in [0.29, 0.717) is 0 Å². The lowest BCUT2D eigenvalue weighted by Gasteiger charge is -2.14. The molecule has 1 aromatic carbocycles. The van der Waals surface area contributed by atoms with E-state index in [1.54, 1.807) is 18.9 Å². The summed E-state index contributed by atoms with van der Waals surface area (Å²) < 4.78 is 7.09. The Morgan fingerprint density at radius 3 is 2.68 bits per heavy atom. The van der Waals surface area contributed by atoms with Gasteiger partial charge in [-0.25, -0.2) is 0 Å². The number of benzene rings is 1. The van der Waals surface area contributed by atoms with Crippen LogP contribution in [0.1, 0.15) is 31.2 Å². The average Bonchev–Trinajstić information content (AvgIpc) is 2.95. The van der Waals surface area contributed by atoms with Crippen molar-refractivity contribution in [1.82, 2.24) is 14.9 Å². The standard InChI is InChI=1S/C15H18N4OS.BrH/c1-3-4-5-14-16-17-15-19(14)18-13(10-21-15)11-6-8-12(20-2)9-7-11;/h6-9H,3-5,10H2,1-2H3;1H. The molecule has 118 valence electrons. The van der Waals surface area contributed by atoms with Gasteiger partial charge in [0.05, 0.1) is 12.8 Å². The maximum absolute atomic E-state index is 5.19. The van der Waals surface area contributed by atoms with Crippen LogP contribution < -0.4 is 4.74 Å². The topological polar surface area (TPSA) is 52.3 Å². The van der Waals surface area contributed by atoms with Gasteiger partial charge in [-0.05, 0) is 36.2 Å². The molecule has 0 amide bonds. The molecular weight excluding hydrogens is 364 g/mol. The minimum atomic E-state index is 0. The van der Waals surface area contributed by atoms with Crippen molar-refractivity contribution in [3.63, 3.8) is 0 Å². The number of unbranched alkanes of at least 4 members (excludes halogenated alkanes) is 1. The molecule has 0 spiro atoms. The second-order valence-electron chi connectivity index (χ2n) is 4.88. The molecule has 0 atom stereocenters. The fourth-order valence-corrected chi connectivity index (χ4v) is 3.04. The SMILES string of the molecule is Br.CCCCc1nnc2n1N=C(c1ccc(OC)cc1)CS2. The zero-order chi connectivity index (χ0) is 14.7. The van der Waals surface area contributed by atoms with Gasteiger partial charge < -0.3 is 4.74 Å². The molecule has 1 aliphatic heterocycles. The third-order valence-electron chi connectivity index (χ3n) is 3.41. The first-order valence-electron chi connectivity index (χ1n) is 7.11. The number of methoxy groups -OCH3 is 1. The molecule has 2 aromatic rings. The van der Waals surface area contributed by atoms with Crippen molar-refractivity contribution >= 4 is 34.5 Å². The van der Waals surface area contributed by atoms with E-state index < -0.39 is 0 Å². The number of hydrogen-bond acceptors (Lipinski definition) is 5. The number of nitrogens with zero attached hydrogens (tertiary/aromatic N) is 4. The van der Waals surface area contributed by atoms with Gasteiger partial charge in [-0.2, -0.15) is 9.78 Å². The lowest BCUT2D eigenvalue weighted by Crippen LogP contribution is -2.14. The van der Waals surface area contributed by atoms with Crippen LogP contribution in [0.5, 0.6) is 5.75 Å². The summed E-state index contributed by atoms with van der Waals surface area (Å²) >= 11 is 1.68. The zero-order valence-corrected chi connectivity index (χ0v) is 15.2. The van der Waals surface area contributed by atoms with Gasteiger partial charge in [0.15, 0.2) is 5.82 Å². The third kappa shape index (κ3) is 3.52. The van der Waals surface area contributed by atoms with E-state index in [4.69, 9.17) is 9.84 Å². The number of hydrogen-bond donors (Lipinski definition) is 0. The fraction of sp³-hybridized carbons (Fsp3) is 0.400. The van der Waals surface area contributed by atoms with Gasteiger partial charge in [0, 0.05) is 12.2 Å². The normalized spacial score (nSPS) is 13.1. The highest BCUT2D eigenvalue weighted by Crippen LogP contribution is 2.25. The monoisotopic (exact) mass is 382 g/mol. The van der Waals surface area contributed by atoms with Crippen LogP contribution in [0.4, 0.5) is 0 Å². The molecule has 0 N–H and O–H groups in total. The Balaban J connectivity index is 0.00000176. The van der Waals surface area contributed by atoms with Gasteiger partial charge in [0.1, 0.15) is 5.75 Å². The summed E-state index contributed by atoms with van der Waals surface area (Å²) in [5.41, 5.74) is 2.16. The van der Waals surface area contributed by atoms with E-state index in [-0.39, 0.29) is 17.0 Å². The first-order chi connectivity index (χ1) is 10.3. The van der Waals surface area contributed by atoms with Crippen LogP contribution in [0.15, 0.2) is 34.5 Å². The van der Waals surface area contributed by atoms with E-state index in [2.05, 4.69) is 17.1 Å². The van der Waals surface area contributed by atoms with Gasteiger partial charge in [0.2, 0.25) is 5.16 Å². The molecule has 0 saturated heterocycles. The molecule has 0 fully saturated rings. The molecule has 0 radical (unpaired) electrons. The van der Waals surface area contributed by atoms with Crippen molar-refractivity contribution in [1.29, 1.82) is 0 Å². The van der Waals surface area contributed by atoms with E-state index in [1.165, 1.54) is 0 Å². The maximum atomic E-state index is 5.19. The minimum absolute atomic E-state index is 0. The van der Waals surface area contributed by atoms with Crippen LogP contribution in [-0.2, 0) is 6.42 Å². The van der Waals surface area contributed by atoms with Crippen LogP contribution in [-0.4, -0.2) is 33.4 Å². The van der Waals surface area contributed by atoms with Gasteiger partial charge in [-0.15, -0.1) is 27.2 Å². The quantitative estimate of drug-likeness (QED) is 0.792. The molecule has 0 aliphatic carbocycles. The molecule has 1 aliphatic rings. The van der Waals surface area contributed by atoms with Gasteiger partial charge >= 0.3 is 0 Å². The van der Waals surface area contributed by atoms with Crippen molar-refractivity contribution in [2.24, 2.45) is 5.10 Å². The number of thioether (sulfide) groups is 1. The van der Waals surface area contributed by atoms with Crippen molar-refractivity contribution in [3.8, 4) is 5.75 Å². The van der Waals surface area contributed by atoms with Crippen LogP contribution in [0, 0.1) is 0 Å². The summed E-state index contributed by atoms with van der Waals surface area (Å²) in [5.74, 6) is 2.62. The van der Waals surface area contributed by atoms with Crippen molar-refractivity contribution in [2.75, 3.05) is 12.9 Å². The van der Waals surface area contributed by atoms with Crippen LogP contribution in [0.2, 0.25) is 0 Å². The summed E-state index contributed by atoms with van der Waals surface area (Å²) in [7, 11) is 1.67. The highest BCUT2D eigenvalue weighted by Gasteiger charge is 2.19. The number of ether oxygens (including phenoxy) is 1. The number of fused-ring (bicyclic) bond motifs is 1. The van der Waals surface area contributed by atoms with Gasteiger partial charge in [-0.3, -0.25) is 0 Å². The largest absolute Gasteiger partial charge is 0.497 e. The lowest BCUT2D eigenvalue weighted by atomic mass is 10.1. The molecular formula is C15H19BrN4OS. The molecule has 7 heteroatoms.